The number of unbranched alkanes of at least 4 members (excludes halogenated alkanes) is 2. The van der Waals surface area contributed by atoms with Crippen LogP contribution in [0.1, 0.15) is 40.0 Å². The maximum atomic E-state index is 3.77. The van der Waals surface area contributed by atoms with Crippen molar-refractivity contribution >= 4 is 0 Å². The fourth-order valence-corrected chi connectivity index (χ4v) is 6.64. The van der Waals surface area contributed by atoms with Gasteiger partial charge in [-0.1, -0.05) is 0 Å². The first kappa shape index (κ1) is 11.8. The van der Waals surface area contributed by atoms with E-state index in [9.17, 15) is 0 Å². The summed E-state index contributed by atoms with van der Waals surface area (Å²) in [6.45, 7) is 8.26. The molecule has 0 saturated heterocycles. The van der Waals surface area contributed by atoms with Crippen LogP contribution in [0.5, 0.6) is 0 Å². The van der Waals surface area contributed by atoms with Gasteiger partial charge in [-0.15, -0.1) is 0 Å². The van der Waals surface area contributed by atoms with Crippen molar-refractivity contribution in [3.63, 3.8) is 0 Å². The van der Waals surface area contributed by atoms with Gasteiger partial charge in [-0.05, 0) is 0 Å². The molecule has 0 rings (SSSR count). The van der Waals surface area contributed by atoms with Gasteiger partial charge in [0.05, 0.1) is 0 Å². The van der Waals surface area contributed by atoms with Gasteiger partial charge in [0.1, 0.15) is 0 Å². The predicted molar refractivity (Wildman–Crippen MR) is 48.5 cm³/mol. The monoisotopic (exact) mass is 324 g/mol. The molecule has 11 heavy (non-hydrogen) atoms. The average molecular weight is 323 g/mol. The van der Waals surface area contributed by atoms with Gasteiger partial charge in [-0.2, -0.15) is 0 Å². The first-order valence-electron chi connectivity index (χ1n) is 4.93. The van der Waals surface area contributed by atoms with Crippen molar-refractivity contribution < 1.29 is 21.7 Å². The fourth-order valence-electron chi connectivity index (χ4n) is 1.14. The van der Waals surface area contributed by atoms with Crippen molar-refractivity contribution in [2.45, 2.75) is 48.4 Å². The van der Waals surface area contributed by atoms with Crippen molar-refractivity contribution in [3.05, 3.63) is 0 Å². The van der Waals surface area contributed by atoms with Crippen molar-refractivity contribution in [2.24, 2.45) is 0 Å². The number of hydrogen-bond acceptors (Lipinski definition) is 1. The van der Waals surface area contributed by atoms with Gasteiger partial charge >= 0.3 is 80.0 Å². The van der Waals surface area contributed by atoms with E-state index in [1.165, 1.54) is 34.2 Å². The van der Waals surface area contributed by atoms with Crippen LogP contribution in [0.25, 0.3) is 0 Å². The van der Waals surface area contributed by atoms with E-state index in [4.69, 9.17) is 0 Å². The van der Waals surface area contributed by atoms with Gasteiger partial charge in [-0.25, -0.2) is 0 Å². The molecule has 1 nitrogen and oxygen atoms in total. The molecule has 67 valence electrons. The number of hydrogen-bond donors (Lipinski definition) is 1. The fraction of sp³-hybridized carbons (Fsp3) is 1.00. The molecule has 0 atom stereocenters. The van der Waals surface area contributed by atoms with Crippen LogP contribution in [0.4, 0.5) is 0 Å². The average Bonchev–Trinajstić information content (AvgIpc) is 2.05. The molecule has 0 unspecified atom stereocenters. The molecule has 0 saturated carbocycles. The predicted octanol–water partition coefficient (Wildman–Crippen LogP) is 3.18. The van der Waals surface area contributed by atoms with E-state index in [0.717, 1.165) is 0 Å². The molecule has 0 aromatic heterocycles. The first-order chi connectivity index (χ1) is 5.35. The molecular weight excluding hydrogens is 301 g/mol. The molecule has 0 fully saturated rings. The third-order valence-corrected chi connectivity index (χ3v) is 10.8. The van der Waals surface area contributed by atoms with Crippen molar-refractivity contribution in [3.8, 4) is 0 Å². The van der Waals surface area contributed by atoms with Gasteiger partial charge in [0, 0.05) is 0 Å². The second kappa shape index (κ2) is 8.92. The molecule has 0 aliphatic carbocycles. The van der Waals surface area contributed by atoms with E-state index in [0.29, 0.717) is 0 Å². The summed E-state index contributed by atoms with van der Waals surface area (Å²) in [7, 11) is 0. The summed E-state index contributed by atoms with van der Waals surface area (Å²) in [5.41, 5.74) is 0. The van der Waals surface area contributed by atoms with Crippen LogP contribution >= 0.6 is 0 Å². The van der Waals surface area contributed by atoms with Crippen LogP contribution in [0.2, 0.25) is 8.35 Å². The minimum absolute atomic E-state index is 1.15. The Labute approximate surface area is 79.9 Å². The zero-order chi connectivity index (χ0) is 8.53. The Balaban J connectivity index is 3.07. The van der Waals surface area contributed by atoms with Gasteiger partial charge in [0.2, 0.25) is 0 Å². The quantitative estimate of drug-likeness (QED) is 0.561. The van der Waals surface area contributed by atoms with E-state index >= 15 is 0 Å². The maximum absolute atomic E-state index is 3.77. The van der Waals surface area contributed by atoms with Crippen LogP contribution < -0.4 is 3.30 Å². The molecule has 2 heteroatoms. The van der Waals surface area contributed by atoms with Gasteiger partial charge in [0.15, 0.2) is 0 Å². The van der Waals surface area contributed by atoms with Gasteiger partial charge < -0.3 is 0 Å². The number of nitrogens with one attached hydrogen (secondary N) is 1. The van der Waals surface area contributed by atoms with E-state index < -0.39 is 21.7 Å². The normalized spacial score (nSPS) is 10.1. The summed E-state index contributed by atoms with van der Waals surface area (Å²) in [4.78, 5) is 0. The number of rotatable bonds is 7. The Morgan fingerprint density at radius 2 is 1.64 bits per heavy atom. The summed E-state index contributed by atoms with van der Waals surface area (Å²) in [6.07, 6.45) is 4.14. The molecule has 0 radical (unpaired) electrons. The standard InChI is InChI=1S/C5H12N.2C2H5.Hf/c1-2-3-4-5-6;2*1-2;/h6H,2-5H2,1H3;2*1H2,2H3;/q-1;;;+1. The Kier molecular flexibility index (Phi) is 9.60. The Bertz CT molecular complexity index is 72.0. The molecule has 0 aromatic rings. The molecule has 0 aliphatic heterocycles. The van der Waals surface area contributed by atoms with E-state index in [-0.39, 0.29) is 0 Å². The molecule has 0 spiro atoms. The SMILES string of the molecule is CCCCC[NH][Hf]([CH2]C)[CH2]C. The Hall–Kier alpha value is 0.830. The third kappa shape index (κ3) is 7.20. The second-order valence-corrected chi connectivity index (χ2v) is 13.6. The Morgan fingerprint density at radius 3 is 2.09 bits per heavy atom. The summed E-state index contributed by atoms with van der Waals surface area (Å²) in [5, 5.41) is 0. The van der Waals surface area contributed by atoms with E-state index in [2.05, 4.69) is 24.1 Å². The van der Waals surface area contributed by atoms with E-state index in [1.807, 2.05) is 0 Å². The molecule has 0 amide bonds. The molecule has 0 bridgehead atoms. The summed E-state index contributed by atoms with van der Waals surface area (Å²) >= 11 is -1.15. The summed E-state index contributed by atoms with van der Waals surface area (Å²) in [6, 6.07) is 0. The van der Waals surface area contributed by atoms with Crippen LogP contribution in [-0.4, -0.2) is 6.54 Å². The molecule has 0 heterocycles. The van der Waals surface area contributed by atoms with Crippen LogP contribution in [-0.2, 0) is 21.7 Å². The summed E-state index contributed by atoms with van der Waals surface area (Å²) < 4.78 is 6.73. The minimum atomic E-state index is -1.15. The van der Waals surface area contributed by atoms with Gasteiger partial charge in [-0.3, -0.25) is 0 Å². The molecular formula is C9H22HfN. The van der Waals surface area contributed by atoms with Crippen LogP contribution in [0, 0.1) is 0 Å². The van der Waals surface area contributed by atoms with Crippen molar-refractivity contribution in [1.82, 2.24) is 3.30 Å². The van der Waals surface area contributed by atoms with Crippen molar-refractivity contribution in [1.29, 1.82) is 0 Å². The third-order valence-electron chi connectivity index (χ3n) is 2.01. The van der Waals surface area contributed by atoms with E-state index in [1.54, 1.807) is 0 Å². The zero-order valence-corrected chi connectivity index (χ0v) is 11.8. The second-order valence-electron chi connectivity index (χ2n) is 2.94. The molecule has 0 aromatic carbocycles. The topological polar surface area (TPSA) is 12.0 Å². The van der Waals surface area contributed by atoms with Crippen molar-refractivity contribution in [2.75, 3.05) is 6.54 Å². The Morgan fingerprint density at radius 1 is 1.00 bits per heavy atom. The molecule has 1 N–H and O–H groups in total. The first-order valence-corrected chi connectivity index (χ1v) is 11.8. The van der Waals surface area contributed by atoms with Crippen LogP contribution in [0.15, 0.2) is 0 Å². The summed E-state index contributed by atoms with van der Waals surface area (Å²) in [5.74, 6) is 0. The van der Waals surface area contributed by atoms with Gasteiger partial charge in [0.25, 0.3) is 0 Å². The van der Waals surface area contributed by atoms with Crippen LogP contribution in [0.3, 0.4) is 0 Å². The zero-order valence-electron chi connectivity index (χ0n) is 8.24. The molecule has 0 aliphatic rings.